The van der Waals surface area contributed by atoms with Crippen molar-refractivity contribution in [2.75, 3.05) is 0 Å². The highest BCUT2D eigenvalue weighted by Gasteiger charge is 2.00. The minimum atomic E-state index is -0.390. The van der Waals surface area contributed by atoms with Crippen LogP contribution in [0.4, 0.5) is 0 Å². The van der Waals surface area contributed by atoms with Crippen LogP contribution in [0.2, 0.25) is 0 Å². The molecule has 0 bridgehead atoms. The molecular weight excluding hydrogens is 126 g/mol. The molecule has 1 aromatic heterocycles. The fourth-order valence-corrected chi connectivity index (χ4v) is 0.777. The fraction of sp³-hybridized carbons (Fsp3) is 0.286. The van der Waals surface area contributed by atoms with Crippen LogP contribution in [0.5, 0.6) is 0 Å². The Hall–Kier alpha value is -1.27. The lowest BCUT2D eigenvalue weighted by atomic mass is 10.2. The summed E-state index contributed by atoms with van der Waals surface area (Å²) in [5, 5.41) is 8.34. The Labute approximate surface area is 59.5 Å². The van der Waals surface area contributed by atoms with E-state index in [1.54, 1.807) is 0 Å². The van der Waals surface area contributed by atoms with Crippen LogP contribution in [-0.4, -0.2) is 11.0 Å². The molecule has 0 radical (unpaired) electrons. The molecule has 0 aromatic carbocycles. The zero-order chi connectivity index (χ0) is 7.40. The number of H-pyrrole nitrogens is 1. The first-order valence-corrected chi connectivity index (χ1v) is 3.10. The Kier molecular flexibility index (Phi) is 2.08. The van der Waals surface area contributed by atoms with Crippen molar-refractivity contribution < 1.29 is 0 Å². The highest BCUT2D eigenvalue weighted by Crippen LogP contribution is 1.96. The molecule has 3 N–H and O–H groups in total. The van der Waals surface area contributed by atoms with Crippen LogP contribution in [0.15, 0.2) is 18.3 Å². The smallest absolute Gasteiger partial charge is 0.0983 e. The second-order valence-electron chi connectivity index (χ2n) is 2.14. The molecule has 0 spiro atoms. The first-order valence-electron chi connectivity index (χ1n) is 3.10. The summed E-state index contributed by atoms with van der Waals surface area (Å²) in [4.78, 5) is 2.97. The van der Waals surface area contributed by atoms with Crippen molar-refractivity contribution in [3.8, 4) is 6.07 Å². The molecular formula is C7H9N3. The number of aromatic amines is 1. The Bertz CT molecular complexity index is 219. The summed E-state index contributed by atoms with van der Waals surface area (Å²) in [7, 11) is 0. The van der Waals surface area contributed by atoms with Gasteiger partial charge in [-0.2, -0.15) is 5.26 Å². The molecule has 1 atom stereocenters. The number of rotatable bonds is 2. The summed E-state index contributed by atoms with van der Waals surface area (Å²) in [5.41, 5.74) is 6.39. The number of aromatic nitrogens is 1. The van der Waals surface area contributed by atoms with Crippen LogP contribution in [0.25, 0.3) is 0 Å². The monoisotopic (exact) mass is 135 g/mol. The maximum atomic E-state index is 8.34. The molecule has 1 heterocycles. The van der Waals surface area contributed by atoms with Gasteiger partial charge in [-0.1, -0.05) is 0 Å². The van der Waals surface area contributed by atoms with Gasteiger partial charge >= 0.3 is 0 Å². The minimum absolute atomic E-state index is 0.390. The first-order chi connectivity index (χ1) is 4.83. The third kappa shape index (κ3) is 1.61. The lowest BCUT2D eigenvalue weighted by Gasteiger charge is -1.97. The number of nitrogens with zero attached hydrogens (tertiary/aromatic N) is 1. The topological polar surface area (TPSA) is 65.6 Å². The fourth-order valence-electron chi connectivity index (χ4n) is 0.777. The predicted molar refractivity (Wildman–Crippen MR) is 38.1 cm³/mol. The largest absolute Gasteiger partial charge is 0.365 e. The molecule has 0 saturated carbocycles. The van der Waals surface area contributed by atoms with E-state index in [2.05, 4.69) is 4.98 Å². The van der Waals surface area contributed by atoms with Gasteiger partial charge in [0.15, 0.2) is 0 Å². The van der Waals surface area contributed by atoms with Gasteiger partial charge in [-0.3, -0.25) is 0 Å². The molecule has 0 amide bonds. The summed E-state index contributed by atoms with van der Waals surface area (Å²) < 4.78 is 0. The molecule has 10 heavy (non-hydrogen) atoms. The van der Waals surface area contributed by atoms with Crippen LogP contribution in [0.1, 0.15) is 5.69 Å². The quantitative estimate of drug-likeness (QED) is 0.616. The Morgan fingerprint density at radius 1 is 1.80 bits per heavy atom. The van der Waals surface area contributed by atoms with Crippen LogP contribution < -0.4 is 5.73 Å². The van der Waals surface area contributed by atoms with Gasteiger partial charge in [0.05, 0.1) is 12.1 Å². The van der Waals surface area contributed by atoms with E-state index in [4.69, 9.17) is 11.0 Å². The van der Waals surface area contributed by atoms with Crippen molar-refractivity contribution in [1.29, 1.82) is 5.26 Å². The van der Waals surface area contributed by atoms with Gasteiger partial charge in [0.2, 0.25) is 0 Å². The summed E-state index contributed by atoms with van der Waals surface area (Å²) in [6.07, 6.45) is 2.42. The highest BCUT2D eigenvalue weighted by atomic mass is 14.7. The van der Waals surface area contributed by atoms with E-state index in [1.165, 1.54) is 0 Å². The Morgan fingerprint density at radius 2 is 2.60 bits per heavy atom. The van der Waals surface area contributed by atoms with E-state index in [0.29, 0.717) is 6.42 Å². The summed E-state index contributed by atoms with van der Waals surface area (Å²) in [6, 6.07) is 5.37. The zero-order valence-electron chi connectivity index (χ0n) is 5.54. The van der Waals surface area contributed by atoms with Gasteiger partial charge in [0.25, 0.3) is 0 Å². The molecule has 3 nitrogen and oxygen atoms in total. The van der Waals surface area contributed by atoms with E-state index in [9.17, 15) is 0 Å². The number of nitrogens with one attached hydrogen (secondary N) is 1. The van der Waals surface area contributed by atoms with Crippen molar-refractivity contribution in [3.63, 3.8) is 0 Å². The number of hydrogen-bond donors (Lipinski definition) is 2. The molecule has 0 aliphatic rings. The maximum absolute atomic E-state index is 8.34. The van der Waals surface area contributed by atoms with E-state index in [0.717, 1.165) is 5.69 Å². The van der Waals surface area contributed by atoms with Gasteiger partial charge < -0.3 is 10.7 Å². The lowest BCUT2D eigenvalue weighted by molar-refractivity contribution is 0.805. The van der Waals surface area contributed by atoms with Gasteiger partial charge in [0, 0.05) is 18.3 Å². The van der Waals surface area contributed by atoms with Crippen LogP contribution in [-0.2, 0) is 6.42 Å². The average Bonchev–Trinajstić information content (AvgIpc) is 2.40. The van der Waals surface area contributed by atoms with Gasteiger partial charge in [-0.05, 0) is 12.1 Å². The normalized spacial score (nSPS) is 12.4. The molecule has 0 aliphatic heterocycles. The Balaban J connectivity index is 2.50. The van der Waals surface area contributed by atoms with Crippen molar-refractivity contribution in [2.24, 2.45) is 5.73 Å². The number of hydrogen-bond acceptors (Lipinski definition) is 2. The standard InChI is InChI=1S/C7H9N3/c8-5-6(9)4-7-2-1-3-10-7/h1-3,6,10H,4,9H2. The van der Waals surface area contributed by atoms with Crippen LogP contribution >= 0.6 is 0 Å². The van der Waals surface area contributed by atoms with E-state index in [1.807, 2.05) is 24.4 Å². The van der Waals surface area contributed by atoms with E-state index in [-0.39, 0.29) is 0 Å². The third-order valence-corrected chi connectivity index (χ3v) is 1.27. The third-order valence-electron chi connectivity index (χ3n) is 1.27. The summed E-state index contributed by atoms with van der Waals surface area (Å²) in [5.74, 6) is 0. The van der Waals surface area contributed by atoms with Crippen LogP contribution in [0.3, 0.4) is 0 Å². The van der Waals surface area contributed by atoms with E-state index < -0.39 is 6.04 Å². The van der Waals surface area contributed by atoms with E-state index >= 15 is 0 Å². The van der Waals surface area contributed by atoms with Gasteiger partial charge in [-0.15, -0.1) is 0 Å². The summed E-state index contributed by atoms with van der Waals surface area (Å²) in [6.45, 7) is 0. The Morgan fingerprint density at radius 3 is 3.10 bits per heavy atom. The molecule has 0 saturated heterocycles. The highest BCUT2D eigenvalue weighted by molar-refractivity contribution is 5.08. The summed E-state index contributed by atoms with van der Waals surface area (Å²) >= 11 is 0. The van der Waals surface area contributed by atoms with Crippen molar-refractivity contribution >= 4 is 0 Å². The van der Waals surface area contributed by atoms with Gasteiger partial charge in [-0.25, -0.2) is 0 Å². The molecule has 1 rings (SSSR count). The number of nitriles is 1. The molecule has 0 aliphatic carbocycles. The van der Waals surface area contributed by atoms with Crippen molar-refractivity contribution in [1.82, 2.24) is 4.98 Å². The second kappa shape index (κ2) is 3.04. The van der Waals surface area contributed by atoms with Crippen molar-refractivity contribution in [2.45, 2.75) is 12.5 Å². The first kappa shape index (κ1) is 6.84. The molecule has 52 valence electrons. The molecule has 0 fully saturated rings. The van der Waals surface area contributed by atoms with Gasteiger partial charge in [0.1, 0.15) is 0 Å². The van der Waals surface area contributed by atoms with Crippen molar-refractivity contribution in [3.05, 3.63) is 24.0 Å². The zero-order valence-corrected chi connectivity index (χ0v) is 5.54. The SMILES string of the molecule is N#CC(N)Cc1ccc[nH]1. The number of nitrogens with two attached hydrogens (primary N) is 1. The average molecular weight is 135 g/mol. The molecule has 1 aromatic rings. The maximum Gasteiger partial charge on any atom is 0.0983 e. The molecule has 3 heteroatoms. The second-order valence-corrected chi connectivity index (χ2v) is 2.14. The van der Waals surface area contributed by atoms with Crippen LogP contribution in [0, 0.1) is 11.3 Å². The molecule has 1 unspecified atom stereocenters. The minimum Gasteiger partial charge on any atom is -0.365 e. The lowest BCUT2D eigenvalue weighted by Crippen LogP contribution is -2.20. The predicted octanol–water partition coefficient (Wildman–Crippen LogP) is 0.408.